The van der Waals surface area contributed by atoms with Gasteiger partial charge in [-0.2, -0.15) is 0 Å². The SMILES string of the molecule is O=C(NC[C@@H]1CN(c2ccc(F)cc2)C(=O)O1)c1cnc(OC2CCOCC2)c(Cl)c1. The molecule has 3 heterocycles. The summed E-state index contributed by atoms with van der Waals surface area (Å²) in [5.41, 5.74) is 0.792. The maximum absolute atomic E-state index is 13.1. The minimum Gasteiger partial charge on any atom is -0.473 e. The van der Waals surface area contributed by atoms with E-state index in [0.29, 0.717) is 18.9 Å². The molecule has 2 amide bonds. The Hall–Kier alpha value is -2.91. The lowest BCUT2D eigenvalue weighted by atomic mass is 10.1. The van der Waals surface area contributed by atoms with E-state index in [9.17, 15) is 14.0 Å². The highest BCUT2D eigenvalue weighted by molar-refractivity contribution is 6.32. The lowest BCUT2D eigenvalue weighted by Gasteiger charge is -2.23. The number of carbonyl (C=O) groups is 2. The van der Waals surface area contributed by atoms with Gasteiger partial charge in [0.1, 0.15) is 23.0 Å². The zero-order valence-electron chi connectivity index (χ0n) is 16.6. The zero-order chi connectivity index (χ0) is 21.8. The summed E-state index contributed by atoms with van der Waals surface area (Å²) in [6, 6.07) is 7.02. The van der Waals surface area contributed by atoms with Gasteiger partial charge in [-0.3, -0.25) is 9.69 Å². The highest BCUT2D eigenvalue weighted by Crippen LogP contribution is 2.26. The first-order valence-electron chi connectivity index (χ1n) is 9.91. The van der Waals surface area contributed by atoms with Crippen LogP contribution in [0.15, 0.2) is 36.5 Å². The van der Waals surface area contributed by atoms with E-state index < -0.39 is 23.9 Å². The van der Waals surface area contributed by atoms with Crippen LogP contribution in [-0.2, 0) is 9.47 Å². The Morgan fingerprint density at radius 1 is 1.29 bits per heavy atom. The molecule has 10 heteroatoms. The fraction of sp³-hybridized carbons (Fsp3) is 0.381. The van der Waals surface area contributed by atoms with Crippen LogP contribution in [-0.4, -0.2) is 55.5 Å². The van der Waals surface area contributed by atoms with E-state index in [1.54, 1.807) is 0 Å². The van der Waals surface area contributed by atoms with Crippen molar-refractivity contribution < 1.29 is 28.2 Å². The topological polar surface area (TPSA) is 90.0 Å². The van der Waals surface area contributed by atoms with Crippen molar-refractivity contribution >= 4 is 29.3 Å². The third kappa shape index (κ3) is 5.23. The van der Waals surface area contributed by atoms with Crippen LogP contribution in [0.4, 0.5) is 14.9 Å². The Balaban J connectivity index is 1.31. The van der Waals surface area contributed by atoms with Crippen molar-refractivity contribution in [2.24, 2.45) is 0 Å². The molecule has 0 saturated carbocycles. The van der Waals surface area contributed by atoms with Crippen molar-refractivity contribution in [3.63, 3.8) is 0 Å². The summed E-state index contributed by atoms with van der Waals surface area (Å²) in [5, 5.41) is 2.96. The zero-order valence-corrected chi connectivity index (χ0v) is 17.3. The molecule has 2 saturated heterocycles. The number of anilines is 1. The summed E-state index contributed by atoms with van der Waals surface area (Å²) in [6.07, 6.45) is 1.80. The molecule has 2 aliphatic heterocycles. The summed E-state index contributed by atoms with van der Waals surface area (Å²) in [6.45, 7) is 1.61. The summed E-state index contributed by atoms with van der Waals surface area (Å²) < 4.78 is 29.4. The second-order valence-electron chi connectivity index (χ2n) is 7.24. The molecule has 1 aromatic carbocycles. The standard InChI is InChI=1S/C21H21ClFN3O5/c22-18-9-13(10-25-20(18)30-16-5-7-29-8-6-16)19(27)24-11-17-12-26(21(28)31-17)15-3-1-14(23)2-4-15/h1-4,9-10,16-17H,5-8,11-12H2,(H,24,27)/t17-/m1/s1. The molecular weight excluding hydrogens is 429 g/mol. The number of hydrogen-bond donors (Lipinski definition) is 1. The van der Waals surface area contributed by atoms with Crippen molar-refractivity contribution in [1.82, 2.24) is 10.3 Å². The van der Waals surface area contributed by atoms with Gasteiger partial charge in [-0.25, -0.2) is 14.2 Å². The number of rotatable bonds is 6. The predicted molar refractivity (Wildman–Crippen MR) is 110 cm³/mol. The van der Waals surface area contributed by atoms with E-state index in [4.69, 9.17) is 25.8 Å². The third-order valence-electron chi connectivity index (χ3n) is 5.02. The van der Waals surface area contributed by atoms with Gasteiger partial charge in [0.2, 0.25) is 5.88 Å². The van der Waals surface area contributed by atoms with Crippen LogP contribution in [0.1, 0.15) is 23.2 Å². The molecule has 8 nitrogen and oxygen atoms in total. The van der Waals surface area contributed by atoms with Gasteiger partial charge in [0.15, 0.2) is 0 Å². The number of pyridine rings is 1. The predicted octanol–water partition coefficient (Wildman–Crippen LogP) is 3.19. The molecule has 0 bridgehead atoms. The van der Waals surface area contributed by atoms with Crippen LogP contribution < -0.4 is 15.0 Å². The molecule has 1 N–H and O–H groups in total. The van der Waals surface area contributed by atoms with E-state index in [1.165, 1.54) is 41.4 Å². The van der Waals surface area contributed by atoms with Crippen molar-refractivity contribution in [2.45, 2.75) is 25.0 Å². The maximum atomic E-state index is 13.1. The number of hydrogen-bond acceptors (Lipinski definition) is 6. The van der Waals surface area contributed by atoms with Gasteiger partial charge in [-0.15, -0.1) is 0 Å². The van der Waals surface area contributed by atoms with E-state index in [2.05, 4.69) is 10.3 Å². The summed E-state index contributed by atoms with van der Waals surface area (Å²) in [7, 11) is 0. The van der Waals surface area contributed by atoms with E-state index in [1.807, 2.05) is 0 Å². The average molecular weight is 450 g/mol. The van der Waals surface area contributed by atoms with Gasteiger partial charge in [0.25, 0.3) is 5.91 Å². The molecule has 164 valence electrons. The summed E-state index contributed by atoms with van der Waals surface area (Å²) in [4.78, 5) is 30.1. The Kier molecular flexibility index (Phi) is 6.53. The number of nitrogens with zero attached hydrogens (tertiary/aromatic N) is 2. The molecule has 0 spiro atoms. The first kappa shape index (κ1) is 21.3. The van der Waals surface area contributed by atoms with Gasteiger partial charge in [0.05, 0.1) is 31.9 Å². The van der Waals surface area contributed by atoms with E-state index in [0.717, 1.165) is 12.8 Å². The average Bonchev–Trinajstić information content (AvgIpc) is 3.15. The van der Waals surface area contributed by atoms with Crippen LogP contribution in [0.5, 0.6) is 5.88 Å². The highest BCUT2D eigenvalue weighted by Gasteiger charge is 2.32. The van der Waals surface area contributed by atoms with Crippen molar-refractivity contribution in [3.05, 3.63) is 52.9 Å². The fourth-order valence-electron chi connectivity index (χ4n) is 3.36. The van der Waals surface area contributed by atoms with Gasteiger partial charge in [0, 0.05) is 24.7 Å². The molecule has 31 heavy (non-hydrogen) atoms. The number of amides is 2. The Bertz CT molecular complexity index is 953. The maximum Gasteiger partial charge on any atom is 0.414 e. The van der Waals surface area contributed by atoms with Crippen LogP contribution in [0.25, 0.3) is 0 Å². The van der Waals surface area contributed by atoms with Gasteiger partial charge >= 0.3 is 6.09 Å². The van der Waals surface area contributed by atoms with Crippen LogP contribution in [0, 0.1) is 5.82 Å². The normalized spacial score (nSPS) is 19.2. The van der Waals surface area contributed by atoms with Gasteiger partial charge in [-0.05, 0) is 30.3 Å². The smallest absolute Gasteiger partial charge is 0.414 e. The lowest BCUT2D eigenvalue weighted by molar-refractivity contribution is 0.0238. The van der Waals surface area contributed by atoms with E-state index >= 15 is 0 Å². The minimum absolute atomic E-state index is 0.0143. The van der Waals surface area contributed by atoms with Crippen LogP contribution in [0.3, 0.4) is 0 Å². The molecule has 2 fully saturated rings. The monoisotopic (exact) mass is 449 g/mol. The number of nitrogens with one attached hydrogen (secondary N) is 1. The van der Waals surface area contributed by atoms with Gasteiger partial charge in [-0.1, -0.05) is 11.6 Å². The first-order chi connectivity index (χ1) is 15.0. The van der Waals surface area contributed by atoms with Crippen molar-refractivity contribution in [3.8, 4) is 5.88 Å². The second kappa shape index (κ2) is 9.49. The Labute approximate surface area is 183 Å². The lowest BCUT2D eigenvalue weighted by Crippen LogP contribution is -2.34. The molecule has 1 aromatic heterocycles. The number of ether oxygens (including phenoxy) is 3. The molecule has 0 unspecified atom stereocenters. The number of benzene rings is 1. The van der Waals surface area contributed by atoms with Crippen molar-refractivity contribution in [2.75, 3.05) is 31.2 Å². The molecule has 2 aromatic rings. The minimum atomic E-state index is -0.551. The number of carbonyl (C=O) groups excluding carboxylic acids is 2. The number of aromatic nitrogens is 1. The number of halogens is 2. The summed E-state index contributed by atoms with van der Waals surface area (Å²) >= 11 is 6.24. The molecule has 2 aliphatic rings. The second-order valence-corrected chi connectivity index (χ2v) is 7.65. The molecule has 4 rings (SSSR count). The van der Waals surface area contributed by atoms with E-state index in [-0.39, 0.29) is 35.7 Å². The molecular formula is C21H21ClFN3O5. The molecule has 0 radical (unpaired) electrons. The Morgan fingerprint density at radius 2 is 2.03 bits per heavy atom. The van der Waals surface area contributed by atoms with Gasteiger partial charge < -0.3 is 19.5 Å². The first-order valence-corrected chi connectivity index (χ1v) is 10.3. The molecule has 1 atom stereocenters. The third-order valence-corrected chi connectivity index (χ3v) is 5.29. The largest absolute Gasteiger partial charge is 0.473 e. The highest BCUT2D eigenvalue weighted by atomic mass is 35.5. The molecule has 0 aliphatic carbocycles. The van der Waals surface area contributed by atoms with Crippen LogP contribution in [0.2, 0.25) is 5.02 Å². The summed E-state index contributed by atoms with van der Waals surface area (Å²) in [5.74, 6) is -0.510. The Morgan fingerprint density at radius 3 is 2.74 bits per heavy atom. The van der Waals surface area contributed by atoms with Crippen LogP contribution >= 0.6 is 11.6 Å². The fourth-order valence-corrected chi connectivity index (χ4v) is 3.57. The van der Waals surface area contributed by atoms with Crippen molar-refractivity contribution in [1.29, 1.82) is 0 Å². The quantitative estimate of drug-likeness (QED) is 0.728. The number of cyclic esters (lactones) is 1.